The lowest BCUT2D eigenvalue weighted by atomic mass is 10.2. The van der Waals surface area contributed by atoms with Gasteiger partial charge in [0, 0.05) is 31.8 Å². The van der Waals surface area contributed by atoms with Crippen LogP contribution in [0.4, 0.5) is 25.1 Å². The number of carbonyl (C=O) groups excluding carboxylic acids is 2. The zero-order valence-corrected chi connectivity index (χ0v) is 20.1. The average Bonchev–Trinajstić information content (AvgIpc) is 3.34. The molecule has 3 N–H and O–H groups in total. The van der Waals surface area contributed by atoms with Gasteiger partial charge in [-0.05, 0) is 44.4 Å². The molecular formula is C23H24F3N7O4. The van der Waals surface area contributed by atoms with Gasteiger partial charge in [-0.3, -0.25) is 14.9 Å². The van der Waals surface area contributed by atoms with Crippen molar-refractivity contribution in [3.63, 3.8) is 0 Å². The normalized spacial score (nSPS) is 11.8. The van der Waals surface area contributed by atoms with E-state index in [9.17, 15) is 22.8 Å². The first-order chi connectivity index (χ1) is 17.5. The van der Waals surface area contributed by atoms with Gasteiger partial charge in [0.2, 0.25) is 11.9 Å². The van der Waals surface area contributed by atoms with Crippen LogP contribution in [-0.4, -0.2) is 71.3 Å². The highest BCUT2D eigenvalue weighted by Gasteiger charge is 2.31. The summed E-state index contributed by atoms with van der Waals surface area (Å²) in [5, 5.41) is 8.36. The van der Waals surface area contributed by atoms with E-state index in [0.717, 1.165) is 12.1 Å². The number of likely N-dealkylation sites (N-methyl/N-ethyl adjacent to an activating group) is 1. The summed E-state index contributed by atoms with van der Waals surface area (Å²) in [4.78, 5) is 34.6. The van der Waals surface area contributed by atoms with Crippen LogP contribution in [0.2, 0.25) is 0 Å². The van der Waals surface area contributed by atoms with E-state index >= 15 is 0 Å². The summed E-state index contributed by atoms with van der Waals surface area (Å²) < 4.78 is 48.5. The van der Waals surface area contributed by atoms with E-state index in [4.69, 9.17) is 4.42 Å². The summed E-state index contributed by atoms with van der Waals surface area (Å²) in [7, 11) is 5.32. The Labute approximate surface area is 208 Å². The number of oxazole rings is 1. The minimum absolute atomic E-state index is 0.0202. The van der Waals surface area contributed by atoms with E-state index in [1.165, 1.54) is 6.07 Å². The van der Waals surface area contributed by atoms with Crippen molar-refractivity contribution in [2.75, 3.05) is 39.0 Å². The third kappa shape index (κ3) is 6.46. The maximum Gasteiger partial charge on any atom is 0.573 e. The molecule has 2 amide bonds. The van der Waals surface area contributed by atoms with E-state index in [1.807, 2.05) is 0 Å². The molecular weight excluding hydrogens is 495 g/mol. The maximum atomic E-state index is 12.5. The van der Waals surface area contributed by atoms with Gasteiger partial charge in [0.1, 0.15) is 11.3 Å². The van der Waals surface area contributed by atoms with E-state index < -0.39 is 12.1 Å². The van der Waals surface area contributed by atoms with Crippen LogP contribution in [-0.2, 0) is 11.8 Å². The highest BCUT2D eigenvalue weighted by atomic mass is 19.4. The van der Waals surface area contributed by atoms with Crippen molar-refractivity contribution >= 4 is 45.9 Å². The number of alkyl halides is 3. The molecule has 4 rings (SSSR count). The quantitative estimate of drug-likeness (QED) is 0.288. The minimum Gasteiger partial charge on any atom is -0.423 e. The molecule has 2 aromatic heterocycles. The van der Waals surface area contributed by atoms with E-state index in [0.29, 0.717) is 34.6 Å². The average molecular weight is 519 g/mol. The molecule has 14 heteroatoms. The number of imidazole rings is 1. The maximum absolute atomic E-state index is 12.5. The number of halogens is 3. The second kappa shape index (κ2) is 10.3. The fourth-order valence-corrected chi connectivity index (χ4v) is 3.53. The van der Waals surface area contributed by atoms with Crippen molar-refractivity contribution in [1.82, 2.24) is 30.1 Å². The second-order valence-electron chi connectivity index (χ2n) is 8.36. The summed E-state index contributed by atoms with van der Waals surface area (Å²) in [5.74, 6) is -0.537. The number of fused-ring (bicyclic) bond motifs is 2. The summed E-state index contributed by atoms with van der Waals surface area (Å²) in [6, 6.07) is 8.59. The molecule has 0 atom stereocenters. The molecule has 11 nitrogen and oxygen atoms in total. The zero-order chi connectivity index (χ0) is 26.7. The molecule has 196 valence electrons. The molecule has 0 saturated heterocycles. The molecule has 0 fully saturated rings. The topological polar surface area (TPSA) is 127 Å². The van der Waals surface area contributed by atoms with E-state index in [2.05, 4.69) is 30.7 Å². The van der Waals surface area contributed by atoms with Crippen LogP contribution in [0, 0.1) is 0 Å². The Hall–Kier alpha value is -4.33. The number of nitrogens with one attached hydrogen (secondary N) is 3. The SMILES string of the molecule is CN(C)CC(=O)NCCNC(=O)c1ccc2c(c1)nc(Nc1nc3ccc(OC(F)(F)F)cc3o1)n2C. The van der Waals surface area contributed by atoms with Crippen molar-refractivity contribution in [2.24, 2.45) is 7.05 Å². The Morgan fingerprint density at radius 3 is 2.54 bits per heavy atom. The van der Waals surface area contributed by atoms with Gasteiger partial charge in [-0.15, -0.1) is 13.2 Å². The van der Waals surface area contributed by atoms with Crippen molar-refractivity contribution in [3.8, 4) is 5.75 Å². The number of ether oxygens (including phenoxy) is 1. The standard InChI is InChI=1S/C23H24F3N7O4/c1-32(2)12-19(34)27-8-9-28-20(35)13-4-7-17-16(10-13)29-21(33(17)3)31-22-30-15-6-5-14(11-18(15)36-22)37-23(24,25)26/h4-7,10-11H,8-9,12H2,1-3H3,(H,27,34)(H,28,35)(H,29,30,31). The van der Waals surface area contributed by atoms with Crippen LogP contribution in [0.1, 0.15) is 10.4 Å². The molecule has 2 aromatic carbocycles. The smallest absolute Gasteiger partial charge is 0.423 e. The van der Waals surface area contributed by atoms with Crippen LogP contribution in [0.5, 0.6) is 5.75 Å². The molecule has 2 heterocycles. The highest BCUT2D eigenvalue weighted by molar-refractivity contribution is 5.97. The van der Waals surface area contributed by atoms with Gasteiger partial charge >= 0.3 is 12.4 Å². The number of aryl methyl sites for hydroxylation is 1. The van der Waals surface area contributed by atoms with Crippen molar-refractivity contribution in [1.29, 1.82) is 0 Å². The second-order valence-corrected chi connectivity index (χ2v) is 8.36. The first-order valence-corrected chi connectivity index (χ1v) is 11.1. The molecule has 37 heavy (non-hydrogen) atoms. The molecule has 0 spiro atoms. The van der Waals surface area contributed by atoms with Crippen LogP contribution >= 0.6 is 0 Å². The fourth-order valence-electron chi connectivity index (χ4n) is 3.53. The number of benzene rings is 2. The Bertz CT molecular complexity index is 1450. The number of hydrogen-bond acceptors (Lipinski definition) is 8. The van der Waals surface area contributed by atoms with Gasteiger partial charge in [0.25, 0.3) is 5.91 Å². The summed E-state index contributed by atoms with van der Waals surface area (Å²) in [6.07, 6.45) is -4.82. The fraction of sp³-hybridized carbons (Fsp3) is 0.304. The molecule has 4 aromatic rings. The number of rotatable bonds is 9. The van der Waals surface area contributed by atoms with Gasteiger partial charge < -0.3 is 29.3 Å². The number of carbonyl (C=O) groups is 2. The molecule has 0 aliphatic rings. The molecule has 0 aliphatic carbocycles. The lowest BCUT2D eigenvalue weighted by Gasteiger charge is -2.10. The van der Waals surface area contributed by atoms with E-state index in [-0.39, 0.29) is 36.5 Å². The first kappa shape index (κ1) is 25.8. The molecule has 0 saturated carbocycles. The largest absolute Gasteiger partial charge is 0.573 e. The number of aromatic nitrogens is 3. The third-order valence-corrected chi connectivity index (χ3v) is 5.15. The summed E-state index contributed by atoms with van der Waals surface area (Å²) in [6.45, 7) is 0.822. The van der Waals surface area contributed by atoms with Crippen LogP contribution < -0.4 is 20.7 Å². The number of nitrogens with zero attached hydrogens (tertiary/aromatic N) is 4. The van der Waals surface area contributed by atoms with Crippen molar-refractivity contribution < 1.29 is 31.9 Å². The zero-order valence-electron chi connectivity index (χ0n) is 20.1. The Morgan fingerprint density at radius 2 is 1.81 bits per heavy atom. The van der Waals surface area contributed by atoms with Gasteiger partial charge in [0.15, 0.2) is 5.58 Å². The Balaban J connectivity index is 1.43. The van der Waals surface area contributed by atoms with Gasteiger partial charge in [-0.2, -0.15) is 4.98 Å². The lowest BCUT2D eigenvalue weighted by Crippen LogP contribution is -2.38. The summed E-state index contributed by atoms with van der Waals surface area (Å²) in [5.41, 5.74) is 2.05. The summed E-state index contributed by atoms with van der Waals surface area (Å²) >= 11 is 0. The predicted molar refractivity (Wildman–Crippen MR) is 129 cm³/mol. The molecule has 0 aliphatic heterocycles. The van der Waals surface area contributed by atoms with Crippen LogP contribution in [0.3, 0.4) is 0 Å². The number of anilines is 2. The van der Waals surface area contributed by atoms with Crippen LogP contribution in [0.15, 0.2) is 40.8 Å². The monoisotopic (exact) mass is 519 g/mol. The van der Waals surface area contributed by atoms with Crippen molar-refractivity contribution in [3.05, 3.63) is 42.0 Å². The number of hydrogen-bond donors (Lipinski definition) is 3. The molecule has 0 radical (unpaired) electrons. The lowest BCUT2D eigenvalue weighted by molar-refractivity contribution is -0.274. The minimum atomic E-state index is -4.82. The molecule has 0 bridgehead atoms. The van der Waals surface area contributed by atoms with Gasteiger partial charge in [0.05, 0.1) is 17.6 Å². The van der Waals surface area contributed by atoms with Crippen LogP contribution in [0.25, 0.3) is 22.1 Å². The predicted octanol–water partition coefficient (Wildman–Crippen LogP) is 2.76. The Kier molecular flexibility index (Phi) is 7.20. The first-order valence-electron chi connectivity index (χ1n) is 11.1. The van der Waals surface area contributed by atoms with E-state index in [1.54, 1.807) is 48.8 Å². The van der Waals surface area contributed by atoms with Gasteiger partial charge in [-0.25, -0.2) is 4.98 Å². The highest BCUT2D eigenvalue weighted by Crippen LogP contribution is 2.29. The number of amides is 2. The molecule has 0 unspecified atom stereocenters. The van der Waals surface area contributed by atoms with Gasteiger partial charge in [-0.1, -0.05) is 0 Å². The van der Waals surface area contributed by atoms with Crippen molar-refractivity contribution in [2.45, 2.75) is 6.36 Å². The Morgan fingerprint density at radius 1 is 1.05 bits per heavy atom. The third-order valence-electron chi connectivity index (χ3n) is 5.15.